The lowest BCUT2D eigenvalue weighted by atomic mass is 9.80. The molecule has 5 aromatic carbocycles. The fraction of sp³-hybridized carbons (Fsp3) is 0.0909. The molecule has 8 rings (SSSR count). The molecule has 35 heavy (non-hydrogen) atoms. The smallest absolute Gasteiger partial charge is 0.0468 e. The average Bonchev–Trinajstić information content (AvgIpc) is 3.52. The molecule has 0 spiro atoms. The minimum Gasteiger partial charge on any atom is -0.355 e. The van der Waals surface area contributed by atoms with Gasteiger partial charge in [0.05, 0.1) is 0 Å². The van der Waals surface area contributed by atoms with Crippen molar-refractivity contribution in [1.82, 2.24) is 4.98 Å². The summed E-state index contributed by atoms with van der Waals surface area (Å²) in [5.41, 5.74) is 10.6. The van der Waals surface area contributed by atoms with Gasteiger partial charge in [-0.25, -0.2) is 0 Å². The molecular formula is C33H23NS. The molecule has 0 amide bonds. The number of rotatable bonds is 1. The minimum atomic E-state index is -0.0396. The lowest BCUT2D eigenvalue weighted by Crippen LogP contribution is -2.15. The summed E-state index contributed by atoms with van der Waals surface area (Å²) in [7, 11) is 0. The van der Waals surface area contributed by atoms with E-state index in [1.807, 2.05) is 11.3 Å². The Morgan fingerprint density at radius 3 is 2.34 bits per heavy atom. The summed E-state index contributed by atoms with van der Waals surface area (Å²) in [6, 6.07) is 35.9. The van der Waals surface area contributed by atoms with Gasteiger partial charge in [0, 0.05) is 47.4 Å². The Balaban J connectivity index is 1.44. The molecule has 2 heteroatoms. The molecule has 0 saturated carbocycles. The lowest BCUT2D eigenvalue weighted by molar-refractivity contribution is 0.666. The van der Waals surface area contributed by atoms with Gasteiger partial charge in [-0.15, -0.1) is 11.3 Å². The summed E-state index contributed by atoms with van der Waals surface area (Å²) in [6.45, 7) is 4.75. The van der Waals surface area contributed by atoms with Crippen molar-refractivity contribution in [3.63, 3.8) is 0 Å². The molecule has 0 radical (unpaired) electrons. The van der Waals surface area contributed by atoms with Gasteiger partial charge in [0.15, 0.2) is 0 Å². The van der Waals surface area contributed by atoms with E-state index in [1.165, 1.54) is 75.4 Å². The maximum absolute atomic E-state index is 3.71. The monoisotopic (exact) mass is 465 g/mol. The largest absolute Gasteiger partial charge is 0.355 e. The van der Waals surface area contributed by atoms with E-state index >= 15 is 0 Å². The Morgan fingerprint density at radius 1 is 0.629 bits per heavy atom. The Bertz CT molecular complexity index is 1980. The Labute approximate surface area is 207 Å². The van der Waals surface area contributed by atoms with Crippen LogP contribution in [0.15, 0.2) is 97.1 Å². The number of aromatic nitrogens is 1. The van der Waals surface area contributed by atoms with Crippen molar-refractivity contribution in [2.45, 2.75) is 19.3 Å². The number of aromatic amines is 1. The number of H-pyrrole nitrogens is 1. The van der Waals surface area contributed by atoms with Crippen LogP contribution in [0.3, 0.4) is 0 Å². The quantitative estimate of drug-likeness (QED) is 0.248. The van der Waals surface area contributed by atoms with Gasteiger partial charge < -0.3 is 4.98 Å². The molecule has 0 bridgehead atoms. The van der Waals surface area contributed by atoms with E-state index in [1.54, 1.807) is 0 Å². The van der Waals surface area contributed by atoms with E-state index in [-0.39, 0.29) is 5.41 Å². The first kappa shape index (κ1) is 19.4. The van der Waals surface area contributed by atoms with Crippen molar-refractivity contribution < 1.29 is 0 Å². The first-order valence-electron chi connectivity index (χ1n) is 12.2. The first-order valence-corrected chi connectivity index (χ1v) is 13.0. The highest BCUT2D eigenvalue weighted by Gasteiger charge is 2.37. The van der Waals surface area contributed by atoms with Crippen LogP contribution in [-0.4, -0.2) is 4.98 Å². The van der Waals surface area contributed by atoms with Crippen LogP contribution in [0.4, 0.5) is 0 Å². The van der Waals surface area contributed by atoms with E-state index in [4.69, 9.17) is 0 Å². The number of nitrogens with one attached hydrogen (secondary N) is 1. The molecule has 7 aromatic rings. The van der Waals surface area contributed by atoms with Crippen LogP contribution >= 0.6 is 11.3 Å². The third-order valence-electron chi connectivity index (χ3n) is 7.99. The van der Waals surface area contributed by atoms with Gasteiger partial charge in [0.25, 0.3) is 0 Å². The molecule has 1 nitrogen and oxygen atoms in total. The highest BCUT2D eigenvalue weighted by molar-refractivity contribution is 7.26. The SMILES string of the molecule is CC1(C)c2ccccc2-c2ccc3[nH]c4ccc(-c5cccc6c5sc5ccccc56)cc4c3c21. The van der Waals surface area contributed by atoms with E-state index in [9.17, 15) is 0 Å². The molecule has 1 aliphatic carbocycles. The second kappa shape index (κ2) is 6.62. The third-order valence-corrected chi connectivity index (χ3v) is 9.21. The number of benzene rings is 5. The van der Waals surface area contributed by atoms with Crippen LogP contribution in [0.2, 0.25) is 0 Å². The number of hydrogen-bond donors (Lipinski definition) is 1. The maximum Gasteiger partial charge on any atom is 0.0468 e. The molecule has 2 heterocycles. The summed E-state index contributed by atoms with van der Waals surface area (Å²) in [6.07, 6.45) is 0. The predicted octanol–water partition coefficient (Wildman–Crippen LogP) is 9.66. The number of hydrogen-bond acceptors (Lipinski definition) is 1. The zero-order chi connectivity index (χ0) is 23.3. The molecule has 0 aliphatic heterocycles. The topological polar surface area (TPSA) is 15.8 Å². The molecule has 2 aromatic heterocycles. The number of thiophene rings is 1. The lowest BCUT2D eigenvalue weighted by Gasteiger charge is -2.22. The fourth-order valence-electron chi connectivity index (χ4n) is 6.41. The summed E-state index contributed by atoms with van der Waals surface area (Å²) >= 11 is 1.90. The summed E-state index contributed by atoms with van der Waals surface area (Å²) in [5, 5.41) is 5.37. The van der Waals surface area contributed by atoms with Gasteiger partial charge in [-0.05, 0) is 57.6 Å². The highest BCUT2D eigenvalue weighted by Crippen LogP contribution is 2.52. The average molecular weight is 466 g/mol. The van der Waals surface area contributed by atoms with Crippen LogP contribution in [-0.2, 0) is 5.41 Å². The Kier molecular flexibility index (Phi) is 3.67. The Morgan fingerprint density at radius 2 is 1.40 bits per heavy atom. The van der Waals surface area contributed by atoms with E-state index in [0.29, 0.717) is 0 Å². The van der Waals surface area contributed by atoms with Gasteiger partial charge in [0.2, 0.25) is 0 Å². The second-order valence-corrected chi connectivity index (χ2v) is 11.3. The van der Waals surface area contributed by atoms with Crippen molar-refractivity contribution in [2.75, 3.05) is 0 Å². The molecule has 166 valence electrons. The molecule has 1 N–H and O–H groups in total. The fourth-order valence-corrected chi connectivity index (χ4v) is 7.64. The molecule has 0 saturated heterocycles. The minimum absolute atomic E-state index is 0.0396. The summed E-state index contributed by atoms with van der Waals surface area (Å²) < 4.78 is 2.71. The maximum atomic E-state index is 3.71. The van der Waals surface area contributed by atoms with Gasteiger partial charge in [-0.1, -0.05) is 86.6 Å². The summed E-state index contributed by atoms with van der Waals surface area (Å²) in [4.78, 5) is 3.71. The van der Waals surface area contributed by atoms with Crippen LogP contribution in [0.1, 0.15) is 25.0 Å². The molecule has 0 fully saturated rings. The predicted molar refractivity (Wildman–Crippen MR) is 152 cm³/mol. The molecular weight excluding hydrogens is 442 g/mol. The van der Waals surface area contributed by atoms with Crippen molar-refractivity contribution in [1.29, 1.82) is 0 Å². The van der Waals surface area contributed by atoms with Gasteiger partial charge >= 0.3 is 0 Å². The molecule has 0 atom stereocenters. The van der Waals surface area contributed by atoms with Gasteiger partial charge in [-0.3, -0.25) is 0 Å². The van der Waals surface area contributed by atoms with Crippen LogP contribution in [0, 0.1) is 0 Å². The van der Waals surface area contributed by atoms with Crippen LogP contribution < -0.4 is 0 Å². The van der Waals surface area contributed by atoms with E-state index < -0.39 is 0 Å². The summed E-state index contributed by atoms with van der Waals surface area (Å²) in [5.74, 6) is 0. The standard InChI is InChI=1S/C33H23NS/c1-33(2)26-12-5-3-8-21(26)23-15-17-28-30(31(23)33)25-18-19(14-16-27(25)34-28)20-10-7-11-24-22-9-4-6-13-29(22)35-32(20)24/h3-18,34H,1-2H3. The Hall–Kier alpha value is -3.88. The van der Waals surface area contributed by atoms with Crippen molar-refractivity contribution in [3.8, 4) is 22.3 Å². The third kappa shape index (κ3) is 2.47. The second-order valence-electron chi connectivity index (χ2n) is 10.2. The van der Waals surface area contributed by atoms with Gasteiger partial charge in [0.1, 0.15) is 0 Å². The van der Waals surface area contributed by atoms with Crippen molar-refractivity contribution in [3.05, 3.63) is 108 Å². The van der Waals surface area contributed by atoms with E-state index in [2.05, 4.69) is 116 Å². The number of fused-ring (bicyclic) bond motifs is 10. The molecule has 0 unspecified atom stereocenters. The van der Waals surface area contributed by atoms with E-state index in [0.717, 1.165) is 0 Å². The van der Waals surface area contributed by atoms with Crippen molar-refractivity contribution >= 4 is 53.3 Å². The highest BCUT2D eigenvalue weighted by atomic mass is 32.1. The zero-order valence-electron chi connectivity index (χ0n) is 19.6. The zero-order valence-corrected chi connectivity index (χ0v) is 20.5. The van der Waals surface area contributed by atoms with Crippen molar-refractivity contribution in [2.24, 2.45) is 0 Å². The normalized spacial score (nSPS) is 14.2. The van der Waals surface area contributed by atoms with Crippen LogP contribution in [0.25, 0.3) is 64.2 Å². The first-order chi connectivity index (χ1) is 17.1. The van der Waals surface area contributed by atoms with Crippen LogP contribution in [0.5, 0.6) is 0 Å². The molecule has 1 aliphatic rings. The van der Waals surface area contributed by atoms with Gasteiger partial charge in [-0.2, -0.15) is 0 Å².